The number of nitrogens with zero attached hydrogens (tertiary/aromatic N) is 3. The lowest BCUT2D eigenvalue weighted by atomic mass is 10.2. The molecule has 1 aromatic rings. The average molecular weight is 246 g/mol. The highest BCUT2D eigenvalue weighted by molar-refractivity contribution is 7.99. The number of hydrogen-bond donors (Lipinski definition) is 0. The summed E-state index contributed by atoms with van der Waals surface area (Å²) in [6.07, 6.45) is 5.68. The minimum Gasteiger partial charge on any atom is -0.312 e. The van der Waals surface area contributed by atoms with Gasteiger partial charge in [-0.3, -0.25) is 0 Å². The lowest BCUT2D eigenvalue weighted by Crippen LogP contribution is -2.17. The first-order valence-corrected chi connectivity index (χ1v) is 7.01. The van der Waals surface area contributed by atoms with Crippen LogP contribution in [-0.4, -0.2) is 25.8 Å². The molecule has 0 bridgehead atoms. The highest BCUT2D eigenvalue weighted by Crippen LogP contribution is 2.38. The fourth-order valence-corrected chi connectivity index (χ4v) is 3.71. The maximum Gasteiger partial charge on any atom is 0.148 e. The zero-order valence-electron chi connectivity index (χ0n) is 8.90. The predicted molar refractivity (Wildman–Crippen MR) is 64.4 cm³/mol. The lowest BCUT2D eigenvalue weighted by Gasteiger charge is -2.20. The summed E-state index contributed by atoms with van der Waals surface area (Å²) in [5, 5.41) is 8.71. The van der Waals surface area contributed by atoms with Crippen LogP contribution in [0, 0.1) is 0 Å². The third-order valence-electron chi connectivity index (χ3n) is 2.92. The van der Waals surface area contributed by atoms with E-state index in [1.165, 1.54) is 25.0 Å². The first-order valence-electron chi connectivity index (χ1n) is 5.42. The lowest BCUT2D eigenvalue weighted by molar-refractivity contribution is 0.512. The first-order chi connectivity index (χ1) is 7.36. The summed E-state index contributed by atoms with van der Waals surface area (Å²) in [6.45, 7) is 2.22. The highest BCUT2D eigenvalue weighted by Gasteiger charge is 2.29. The van der Waals surface area contributed by atoms with Gasteiger partial charge in [0.25, 0.3) is 0 Å². The number of alkyl halides is 1. The molecule has 1 aliphatic rings. The van der Waals surface area contributed by atoms with Crippen molar-refractivity contribution in [2.45, 2.75) is 43.4 Å². The van der Waals surface area contributed by atoms with E-state index >= 15 is 0 Å². The van der Waals surface area contributed by atoms with Crippen LogP contribution >= 0.6 is 23.4 Å². The Labute approximate surface area is 99.6 Å². The zero-order chi connectivity index (χ0) is 10.7. The molecule has 0 N–H and O–H groups in total. The molecule has 0 aromatic carbocycles. The van der Waals surface area contributed by atoms with E-state index in [-0.39, 0.29) is 0 Å². The summed E-state index contributed by atoms with van der Waals surface area (Å²) in [7, 11) is 0. The van der Waals surface area contributed by atoms with Crippen LogP contribution in [0.2, 0.25) is 0 Å². The molecule has 2 atom stereocenters. The van der Waals surface area contributed by atoms with Crippen molar-refractivity contribution in [2.75, 3.05) is 5.75 Å². The van der Waals surface area contributed by atoms with Gasteiger partial charge in [-0.15, -0.1) is 21.8 Å². The molecule has 1 aromatic heterocycles. The second kappa shape index (κ2) is 5.21. The Kier molecular flexibility index (Phi) is 3.92. The van der Waals surface area contributed by atoms with Gasteiger partial charge in [0.1, 0.15) is 12.2 Å². The zero-order valence-corrected chi connectivity index (χ0v) is 10.5. The van der Waals surface area contributed by atoms with Crippen LogP contribution < -0.4 is 0 Å². The first kappa shape index (κ1) is 11.3. The van der Waals surface area contributed by atoms with Gasteiger partial charge in [-0.05, 0) is 18.6 Å². The fourth-order valence-electron chi connectivity index (χ4n) is 2.27. The second-order valence-electron chi connectivity index (χ2n) is 3.78. The van der Waals surface area contributed by atoms with E-state index in [9.17, 15) is 0 Å². The van der Waals surface area contributed by atoms with Gasteiger partial charge in [-0.1, -0.05) is 13.3 Å². The molecule has 5 heteroatoms. The summed E-state index contributed by atoms with van der Waals surface area (Å²) < 4.78 is 2.17. The average Bonchev–Trinajstić information content (AvgIpc) is 2.84. The minimum atomic E-state index is 0.458. The molecule has 0 amide bonds. The SMILES string of the molecule is CCSC1CCCC1n1cnnc1CCl. The van der Waals surface area contributed by atoms with E-state index in [4.69, 9.17) is 11.6 Å². The van der Waals surface area contributed by atoms with E-state index in [1.54, 1.807) is 0 Å². The molecule has 15 heavy (non-hydrogen) atoms. The molecule has 0 aliphatic heterocycles. The Bertz CT molecular complexity index is 315. The number of halogens is 1. The Balaban J connectivity index is 2.15. The van der Waals surface area contributed by atoms with Crippen molar-refractivity contribution >= 4 is 23.4 Å². The monoisotopic (exact) mass is 245 g/mol. The van der Waals surface area contributed by atoms with E-state index in [0.29, 0.717) is 17.2 Å². The molecule has 1 fully saturated rings. The van der Waals surface area contributed by atoms with Crippen LogP contribution in [0.4, 0.5) is 0 Å². The van der Waals surface area contributed by atoms with Crippen molar-refractivity contribution in [2.24, 2.45) is 0 Å². The molecule has 2 unspecified atom stereocenters. The fraction of sp³-hybridized carbons (Fsp3) is 0.800. The maximum atomic E-state index is 5.85. The van der Waals surface area contributed by atoms with Crippen LogP contribution in [0.25, 0.3) is 0 Å². The third kappa shape index (κ3) is 2.31. The van der Waals surface area contributed by atoms with Gasteiger partial charge in [-0.25, -0.2) is 0 Å². The van der Waals surface area contributed by atoms with E-state index in [2.05, 4.69) is 21.7 Å². The van der Waals surface area contributed by atoms with Crippen molar-refractivity contribution in [1.29, 1.82) is 0 Å². The molecule has 2 rings (SSSR count). The quantitative estimate of drug-likeness (QED) is 0.765. The number of rotatable bonds is 4. The van der Waals surface area contributed by atoms with Crippen molar-refractivity contribution in [3.05, 3.63) is 12.2 Å². The number of hydrogen-bond acceptors (Lipinski definition) is 3. The van der Waals surface area contributed by atoms with Crippen molar-refractivity contribution in [3.8, 4) is 0 Å². The summed E-state index contributed by atoms with van der Waals surface area (Å²) >= 11 is 7.89. The Morgan fingerprint density at radius 3 is 3.20 bits per heavy atom. The van der Waals surface area contributed by atoms with Gasteiger partial charge in [-0.2, -0.15) is 11.8 Å². The molecule has 3 nitrogen and oxygen atoms in total. The van der Waals surface area contributed by atoms with Gasteiger partial charge >= 0.3 is 0 Å². The van der Waals surface area contributed by atoms with Crippen LogP contribution in [0.15, 0.2) is 6.33 Å². The molecule has 0 saturated heterocycles. The molecule has 0 radical (unpaired) electrons. The predicted octanol–water partition coefficient (Wildman–Crippen LogP) is 2.86. The molecule has 1 saturated carbocycles. The summed E-state index contributed by atoms with van der Waals surface area (Å²) in [5.41, 5.74) is 0. The number of aromatic nitrogens is 3. The molecule has 0 spiro atoms. The van der Waals surface area contributed by atoms with Crippen LogP contribution in [0.3, 0.4) is 0 Å². The smallest absolute Gasteiger partial charge is 0.148 e. The van der Waals surface area contributed by atoms with Crippen LogP contribution in [0.5, 0.6) is 0 Å². The largest absolute Gasteiger partial charge is 0.312 e. The maximum absolute atomic E-state index is 5.85. The van der Waals surface area contributed by atoms with E-state index < -0.39 is 0 Å². The van der Waals surface area contributed by atoms with Gasteiger partial charge in [0.05, 0.1) is 5.88 Å². The van der Waals surface area contributed by atoms with Crippen molar-refractivity contribution in [1.82, 2.24) is 14.8 Å². The van der Waals surface area contributed by atoms with Crippen molar-refractivity contribution in [3.63, 3.8) is 0 Å². The van der Waals surface area contributed by atoms with Crippen molar-refractivity contribution < 1.29 is 0 Å². The number of thioether (sulfide) groups is 1. The molecule has 1 aliphatic carbocycles. The minimum absolute atomic E-state index is 0.458. The highest BCUT2D eigenvalue weighted by atomic mass is 35.5. The molecule has 1 heterocycles. The van der Waals surface area contributed by atoms with Crippen LogP contribution in [-0.2, 0) is 5.88 Å². The van der Waals surface area contributed by atoms with E-state index in [0.717, 1.165) is 5.82 Å². The second-order valence-corrected chi connectivity index (χ2v) is 5.56. The Morgan fingerprint density at radius 2 is 2.47 bits per heavy atom. The Morgan fingerprint density at radius 1 is 1.60 bits per heavy atom. The third-order valence-corrected chi connectivity index (χ3v) is 4.47. The topological polar surface area (TPSA) is 30.7 Å². The normalized spacial score (nSPS) is 26.0. The molecule has 84 valence electrons. The van der Waals surface area contributed by atoms with Crippen LogP contribution in [0.1, 0.15) is 38.1 Å². The van der Waals surface area contributed by atoms with Gasteiger partial charge in [0.15, 0.2) is 0 Å². The summed E-state index contributed by atoms with van der Waals surface area (Å²) in [6, 6.07) is 0.554. The Hall–Kier alpha value is -0.220. The molecular formula is C10H16ClN3S. The summed E-state index contributed by atoms with van der Waals surface area (Å²) in [4.78, 5) is 0. The van der Waals surface area contributed by atoms with Gasteiger partial charge < -0.3 is 4.57 Å². The van der Waals surface area contributed by atoms with Gasteiger partial charge in [0.2, 0.25) is 0 Å². The summed E-state index contributed by atoms with van der Waals surface area (Å²) in [5.74, 6) is 2.55. The van der Waals surface area contributed by atoms with E-state index in [1.807, 2.05) is 18.1 Å². The molecular weight excluding hydrogens is 230 g/mol. The standard InChI is InChI=1S/C10H16ClN3S/c1-2-15-9-5-3-4-8(9)14-7-12-13-10(14)6-11/h7-9H,2-6H2,1H3. The van der Waals surface area contributed by atoms with Gasteiger partial charge in [0, 0.05) is 11.3 Å².